The van der Waals surface area contributed by atoms with Crippen molar-refractivity contribution in [3.8, 4) is 11.5 Å². The normalized spacial score (nSPS) is 10.9. The second-order valence-corrected chi connectivity index (χ2v) is 4.69. The quantitative estimate of drug-likeness (QED) is 0.342. The molecule has 11 heteroatoms. The number of carboxylic acid groups (broad SMARTS) is 1. The molecule has 0 spiro atoms. The molecule has 0 atom stereocenters. The minimum atomic E-state index is -4.89. The zero-order chi connectivity index (χ0) is 19.5. The van der Waals surface area contributed by atoms with Crippen molar-refractivity contribution in [2.45, 2.75) is 6.36 Å². The van der Waals surface area contributed by atoms with Crippen LogP contribution in [0.25, 0.3) is 0 Å². The molecule has 0 radical (unpaired) electrons. The molecule has 2 rings (SSSR count). The van der Waals surface area contributed by atoms with E-state index in [0.717, 1.165) is 42.5 Å². The molecule has 0 aliphatic heterocycles. The summed E-state index contributed by atoms with van der Waals surface area (Å²) in [7, 11) is 0. The molecule has 0 bridgehead atoms. The minimum Gasteiger partial charge on any atom is -0.545 e. The summed E-state index contributed by atoms with van der Waals surface area (Å²) in [5.74, 6) is -3.75. The van der Waals surface area contributed by atoms with Crippen molar-refractivity contribution in [3.05, 3.63) is 63.7 Å². The van der Waals surface area contributed by atoms with E-state index in [1.165, 1.54) is 0 Å². The van der Waals surface area contributed by atoms with Crippen LogP contribution in [0.1, 0.15) is 20.7 Å². The maximum absolute atomic E-state index is 12.1. The Morgan fingerprint density at radius 1 is 1.00 bits per heavy atom. The van der Waals surface area contributed by atoms with Crippen LogP contribution in [-0.4, -0.2) is 23.2 Å². The van der Waals surface area contributed by atoms with Crippen LogP contribution in [0.15, 0.2) is 42.5 Å². The molecule has 2 aromatic carbocycles. The molecule has 0 heterocycles. The summed E-state index contributed by atoms with van der Waals surface area (Å²) in [5.41, 5.74) is -1.71. The van der Waals surface area contributed by atoms with E-state index in [4.69, 9.17) is 4.74 Å². The van der Waals surface area contributed by atoms with Crippen molar-refractivity contribution >= 4 is 17.6 Å². The van der Waals surface area contributed by atoms with Crippen molar-refractivity contribution in [2.24, 2.45) is 0 Å². The van der Waals surface area contributed by atoms with Crippen LogP contribution >= 0.6 is 0 Å². The Labute approximate surface area is 142 Å². The first-order valence-corrected chi connectivity index (χ1v) is 6.64. The lowest BCUT2D eigenvalue weighted by atomic mass is 10.1. The van der Waals surface area contributed by atoms with Gasteiger partial charge in [-0.15, -0.1) is 13.2 Å². The van der Waals surface area contributed by atoms with Gasteiger partial charge in [0.1, 0.15) is 11.5 Å². The zero-order valence-electron chi connectivity index (χ0n) is 12.5. The first-order valence-electron chi connectivity index (χ1n) is 6.64. The molecule has 0 aliphatic carbocycles. The minimum absolute atomic E-state index is 0.159. The number of carbonyl (C=O) groups excluding carboxylic acids is 2. The third kappa shape index (κ3) is 4.69. The third-order valence-corrected chi connectivity index (χ3v) is 2.92. The van der Waals surface area contributed by atoms with E-state index in [-0.39, 0.29) is 11.3 Å². The number of hydrogen-bond acceptors (Lipinski definition) is 7. The van der Waals surface area contributed by atoms with Gasteiger partial charge in [0.15, 0.2) is 0 Å². The second-order valence-electron chi connectivity index (χ2n) is 4.69. The number of aromatic carboxylic acids is 1. The van der Waals surface area contributed by atoms with Crippen molar-refractivity contribution in [1.29, 1.82) is 0 Å². The monoisotopic (exact) mass is 370 g/mol. The highest BCUT2D eigenvalue weighted by molar-refractivity contribution is 5.93. The van der Waals surface area contributed by atoms with Crippen molar-refractivity contribution in [1.82, 2.24) is 0 Å². The fraction of sp³-hybridized carbons (Fsp3) is 0.0667. The van der Waals surface area contributed by atoms with Crippen molar-refractivity contribution < 1.29 is 42.3 Å². The van der Waals surface area contributed by atoms with Crippen LogP contribution in [0.3, 0.4) is 0 Å². The summed E-state index contributed by atoms with van der Waals surface area (Å²) >= 11 is 0. The molecule has 0 unspecified atom stereocenters. The molecular formula is C15H7F3NO7-. The third-order valence-electron chi connectivity index (χ3n) is 2.92. The van der Waals surface area contributed by atoms with E-state index < -0.39 is 40.2 Å². The summed E-state index contributed by atoms with van der Waals surface area (Å²) in [6.45, 7) is 0. The van der Waals surface area contributed by atoms with E-state index in [2.05, 4.69) is 4.74 Å². The molecule has 0 N–H and O–H groups in total. The number of ether oxygens (including phenoxy) is 2. The van der Waals surface area contributed by atoms with E-state index in [9.17, 15) is 38.0 Å². The molecule has 0 fully saturated rings. The van der Waals surface area contributed by atoms with Crippen LogP contribution in [-0.2, 0) is 0 Å². The van der Waals surface area contributed by atoms with Gasteiger partial charge >= 0.3 is 12.3 Å². The number of carboxylic acids is 1. The lowest BCUT2D eigenvalue weighted by Crippen LogP contribution is -2.23. The number of carbonyl (C=O) groups is 2. The number of hydrogen-bond donors (Lipinski definition) is 0. The Morgan fingerprint density at radius 2 is 1.58 bits per heavy atom. The molecule has 0 saturated heterocycles. The largest absolute Gasteiger partial charge is 0.573 e. The second kappa shape index (κ2) is 7.09. The number of alkyl halides is 3. The van der Waals surface area contributed by atoms with Gasteiger partial charge in [-0.2, -0.15) is 0 Å². The van der Waals surface area contributed by atoms with Gasteiger partial charge in [-0.25, -0.2) is 4.79 Å². The van der Waals surface area contributed by atoms with Crippen LogP contribution in [0.2, 0.25) is 0 Å². The van der Waals surface area contributed by atoms with Gasteiger partial charge in [0.05, 0.1) is 22.0 Å². The smallest absolute Gasteiger partial charge is 0.545 e. The average Bonchev–Trinajstić information content (AvgIpc) is 2.53. The van der Waals surface area contributed by atoms with Crippen molar-refractivity contribution in [2.75, 3.05) is 0 Å². The Bertz CT molecular complexity index is 863. The number of halogens is 3. The number of nitro benzene ring substituents is 1. The Hall–Kier alpha value is -3.63. The number of esters is 1. The number of benzene rings is 2. The zero-order valence-corrected chi connectivity index (χ0v) is 12.5. The van der Waals surface area contributed by atoms with Gasteiger partial charge in [0, 0.05) is 6.07 Å². The van der Waals surface area contributed by atoms with E-state index >= 15 is 0 Å². The fourth-order valence-electron chi connectivity index (χ4n) is 1.86. The summed E-state index contributed by atoms with van der Waals surface area (Å²) in [6, 6.07) is 6.28. The van der Waals surface area contributed by atoms with Gasteiger partial charge in [-0.3, -0.25) is 10.1 Å². The molecule has 8 nitrogen and oxygen atoms in total. The Balaban J connectivity index is 2.18. The van der Waals surface area contributed by atoms with Crippen LogP contribution in [0.5, 0.6) is 11.5 Å². The first kappa shape index (κ1) is 18.7. The summed E-state index contributed by atoms with van der Waals surface area (Å²) in [4.78, 5) is 32.6. The molecule has 0 aliphatic rings. The standard InChI is InChI=1S/C15H8F3NO7/c16-15(17,18)26-9-3-1-8(2-4-9)14(22)25-10-5-6-12(19(23)24)11(7-10)13(20)21/h1-7H,(H,20,21)/p-1. The molecular weight excluding hydrogens is 363 g/mol. The Kier molecular flexibility index (Phi) is 5.10. The molecule has 0 saturated carbocycles. The lowest BCUT2D eigenvalue weighted by molar-refractivity contribution is -0.385. The van der Waals surface area contributed by atoms with Crippen molar-refractivity contribution in [3.63, 3.8) is 0 Å². The fourth-order valence-corrected chi connectivity index (χ4v) is 1.86. The van der Waals surface area contributed by atoms with Gasteiger partial charge < -0.3 is 19.4 Å². The predicted molar refractivity (Wildman–Crippen MR) is 75.5 cm³/mol. The molecule has 0 amide bonds. The lowest BCUT2D eigenvalue weighted by Gasteiger charge is -2.10. The number of nitro groups is 1. The van der Waals surface area contributed by atoms with Gasteiger partial charge in [0.25, 0.3) is 5.69 Å². The highest BCUT2D eigenvalue weighted by atomic mass is 19.4. The molecule has 0 aromatic heterocycles. The average molecular weight is 370 g/mol. The molecule has 2 aromatic rings. The summed E-state index contributed by atoms with van der Waals surface area (Å²) in [6.07, 6.45) is -4.89. The van der Waals surface area contributed by atoms with Crippen LogP contribution in [0, 0.1) is 10.1 Å². The summed E-state index contributed by atoms with van der Waals surface area (Å²) < 4.78 is 44.7. The summed E-state index contributed by atoms with van der Waals surface area (Å²) in [5, 5.41) is 21.7. The van der Waals surface area contributed by atoms with Crippen LogP contribution < -0.4 is 14.6 Å². The predicted octanol–water partition coefficient (Wildman–Crippen LogP) is 2.08. The number of rotatable bonds is 5. The van der Waals surface area contributed by atoms with E-state index in [0.29, 0.717) is 0 Å². The van der Waals surface area contributed by atoms with Crippen LogP contribution in [0.4, 0.5) is 18.9 Å². The van der Waals surface area contributed by atoms with Gasteiger partial charge in [-0.05, 0) is 36.4 Å². The van der Waals surface area contributed by atoms with E-state index in [1.807, 2.05) is 0 Å². The maximum atomic E-state index is 12.1. The highest BCUT2D eigenvalue weighted by Gasteiger charge is 2.31. The van der Waals surface area contributed by atoms with E-state index in [1.54, 1.807) is 0 Å². The maximum Gasteiger partial charge on any atom is 0.573 e. The Morgan fingerprint density at radius 3 is 2.08 bits per heavy atom. The first-order chi connectivity index (χ1) is 12.1. The topological polar surface area (TPSA) is 119 Å². The SMILES string of the molecule is O=C(Oc1ccc([N+](=O)[O-])c(C(=O)[O-])c1)c1ccc(OC(F)(F)F)cc1. The molecule has 26 heavy (non-hydrogen) atoms. The van der Waals surface area contributed by atoms with Gasteiger partial charge in [0.2, 0.25) is 0 Å². The highest BCUT2D eigenvalue weighted by Crippen LogP contribution is 2.25. The number of nitrogens with zero attached hydrogens (tertiary/aromatic N) is 1. The van der Waals surface area contributed by atoms with Gasteiger partial charge in [-0.1, -0.05) is 0 Å². The molecule has 136 valence electrons.